The van der Waals surface area contributed by atoms with E-state index in [9.17, 15) is 4.79 Å². The summed E-state index contributed by atoms with van der Waals surface area (Å²) in [6, 6.07) is 2.45. The molecule has 0 aromatic heterocycles. The predicted molar refractivity (Wildman–Crippen MR) is 150 cm³/mol. The molecule has 0 radical (unpaired) electrons. The summed E-state index contributed by atoms with van der Waals surface area (Å²) in [4.78, 5) is 14.7. The zero-order valence-electron chi connectivity index (χ0n) is 23.6. The van der Waals surface area contributed by atoms with Gasteiger partial charge in [0, 0.05) is 24.2 Å². The molecule has 5 fully saturated rings. The molecule has 0 spiro atoms. The van der Waals surface area contributed by atoms with E-state index in [2.05, 4.69) is 11.5 Å². The first-order chi connectivity index (χ1) is 18.2. The lowest BCUT2D eigenvalue weighted by atomic mass is 9.71. The average molecular weight is 514 g/mol. The van der Waals surface area contributed by atoms with E-state index in [1.165, 1.54) is 134 Å². The van der Waals surface area contributed by atoms with Crippen LogP contribution in [0.25, 0.3) is 0 Å². The van der Waals surface area contributed by atoms with Gasteiger partial charge in [-0.2, -0.15) is 0 Å². The Morgan fingerprint density at radius 2 is 0.973 bits per heavy atom. The highest BCUT2D eigenvalue weighted by Crippen LogP contribution is 2.43. The summed E-state index contributed by atoms with van der Waals surface area (Å²) in [5, 5.41) is 0. The molecule has 210 valence electrons. The van der Waals surface area contributed by atoms with Gasteiger partial charge in [0.2, 0.25) is 0 Å². The molecule has 4 nitrogen and oxygen atoms in total. The quantitative estimate of drug-likeness (QED) is 0.243. The molecule has 0 unspecified atom stereocenters. The number of esters is 1. The molecule has 0 N–H and O–H groups in total. The van der Waals surface area contributed by atoms with E-state index in [1.54, 1.807) is 0 Å². The summed E-state index contributed by atoms with van der Waals surface area (Å²) >= 11 is 0. The van der Waals surface area contributed by atoms with Crippen molar-refractivity contribution in [1.82, 2.24) is 4.90 Å². The maximum Gasteiger partial charge on any atom is 0.330 e. The van der Waals surface area contributed by atoms with Crippen molar-refractivity contribution in [3.63, 3.8) is 0 Å². The summed E-state index contributed by atoms with van der Waals surface area (Å²) in [6.45, 7) is 3.55. The van der Waals surface area contributed by atoms with Crippen LogP contribution in [0.5, 0.6) is 0 Å². The van der Waals surface area contributed by atoms with Gasteiger partial charge in [-0.25, -0.2) is 4.79 Å². The average Bonchev–Trinajstić information content (AvgIpc) is 2.96. The maximum absolute atomic E-state index is 11.6. The second-order valence-electron chi connectivity index (χ2n) is 13.3. The summed E-state index contributed by atoms with van der Waals surface area (Å²) in [6.07, 6.45) is 32.0. The number of hydrogen-bond donors (Lipinski definition) is 0. The van der Waals surface area contributed by atoms with E-state index in [-0.39, 0.29) is 12.1 Å². The van der Waals surface area contributed by atoms with Crippen LogP contribution in [0.2, 0.25) is 0 Å². The second kappa shape index (κ2) is 14.0. The minimum absolute atomic E-state index is 0.122. The number of hydrogen-bond acceptors (Lipinski definition) is 4. The summed E-state index contributed by atoms with van der Waals surface area (Å²) in [5.41, 5.74) is 0. The van der Waals surface area contributed by atoms with Crippen molar-refractivity contribution in [2.45, 2.75) is 178 Å². The van der Waals surface area contributed by atoms with Crippen molar-refractivity contribution < 1.29 is 14.3 Å². The SMILES string of the molecule is C=CC(=O)OC1CCC(C2CCC(N(C3CCCCC3)C3CCC(OC4CCCCC4)CC3)CC2)CC1. The van der Waals surface area contributed by atoms with Crippen LogP contribution >= 0.6 is 0 Å². The van der Waals surface area contributed by atoms with Gasteiger partial charge in [-0.3, -0.25) is 4.90 Å². The van der Waals surface area contributed by atoms with Crippen molar-refractivity contribution in [2.75, 3.05) is 0 Å². The molecule has 0 amide bonds. The standard InChI is InChI=1S/C33H55NO3/c1-2-33(35)37-32-21-15-26(16-22-32)25-13-17-28(18-14-25)34(27-9-5-3-6-10-27)29-19-23-31(24-20-29)36-30-11-7-4-8-12-30/h2,25-32H,1,3-24H2. The third-order valence-electron chi connectivity index (χ3n) is 11.0. The van der Waals surface area contributed by atoms with Gasteiger partial charge in [-0.05, 0) is 115 Å². The van der Waals surface area contributed by atoms with Gasteiger partial charge in [0.25, 0.3) is 0 Å². The monoisotopic (exact) mass is 513 g/mol. The van der Waals surface area contributed by atoms with Crippen LogP contribution in [-0.2, 0) is 14.3 Å². The van der Waals surface area contributed by atoms with Crippen molar-refractivity contribution in [3.05, 3.63) is 12.7 Å². The summed E-state index contributed by atoms with van der Waals surface area (Å²) in [5.74, 6) is 1.48. The van der Waals surface area contributed by atoms with E-state index in [1.807, 2.05) is 0 Å². The van der Waals surface area contributed by atoms with E-state index in [0.29, 0.717) is 12.2 Å². The first-order valence-electron chi connectivity index (χ1n) is 16.5. The molecule has 5 aliphatic carbocycles. The van der Waals surface area contributed by atoms with E-state index < -0.39 is 0 Å². The normalized spacial score (nSPS) is 36.8. The van der Waals surface area contributed by atoms with Gasteiger partial charge >= 0.3 is 5.97 Å². The van der Waals surface area contributed by atoms with E-state index in [0.717, 1.165) is 42.8 Å². The minimum atomic E-state index is -0.249. The fourth-order valence-corrected chi connectivity index (χ4v) is 8.99. The first kappa shape index (κ1) is 27.7. The first-order valence-corrected chi connectivity index (χ1v) is 16.5. The van der Waals surface area contributed by atoms with E-state index in [4.69, 9.17) is 9.47 Å². The number of carbonyl (C=O) groups is 1. The van der Waals surface area contributed by atoms with Crippen LogP contribution in [0.15, 0.2) is 12.7 Å². The molecule has 0 aromatic rings. The van der Waals surface area contributed by atoms with Gasteiger partial charge in [-0.1, -0.05) is 45.1 Å². The fourth-order valence-electron chi connectivity index (χ4n) is 8.99. The smallest absolute Gasteiger partial charge is 0.330 e. The molecule has 0 aromatic carbocycles. The molecule has 0 atom stereocenters. The molecular weight excluding hydrogens is 458 g/mol. The highest BCUT2D eigenvalue weighted by Gasteiger charge is 2.39. The van der Waals surface area contributed by atoms with Crippen molar-refractivity contribution >= 4 is 5.97 Å². The molecule has 5 aliphatic rings. The third-order valence-corrected chi connectivity index (χ3v) is 11.0. The molecule has 5 saturated carbocycles. The lowest BCUT2D eigenvalue weighted by Crippen LogP contribution is -2.53. The third kappa shape index (κ3) is 7.62. The topological polar surface area (TPSA) is 38.8 Å². The Kier molecular flexibility index (Phi) is 10.5. The van der Waals surface area contributed by atoms with Crippen LogP contribution in [0, 0.1) is 11.8 Å². The highest BCUT2D eigenvalue weighted by molar-refractivity contribution is 5.81. The lowest BCUT2D eigenvalue weighted by molar-refractivity contribution is -0.145. The zero-order chi connectivity index (χ0) is 25.5. The molecular formula is C33H55NO3. The van der Waals surface area contributed by atoms with Crippen molar-refractivity contribution in [1.29, 1.82) is 0 Å². The van der Waals surface area contributed by atoms with Crippen molar-refractivity contribution in [3.8, 4) is 0 Å². The molecule has 4 heteroatoms. The summed E-state index contributed by atoms with van der Waals surface area (Å²) in [7, 11) is 0. The highest BCUT2D eigenvalue weighted by atomic mass is 16.5. The Morgan fingerprint density at radius 1 is 0.541 bits per heavy atom. The molecule has 0 aliphatic heterocycles. The number of carbonyl (C=O) groups excluding carboxylic acids is 1. The van der Waals surface area contributed by atoms with Crippen LogP contribution in [0.4, 0.5) is 0 Å². The van der Waals surface area contributed by atoms with Crippen LogP contribution in [0.1, 0.15) is 141 Å². The van der Waals surface area contributed by atoms with Gasteiger partial charge in [-0.15, -0.1) is 0 Å². The Labute approximate surface area is 227 Å². The Balaban J connectivity index is 1.11. The molecule has 0 heterocycles. The van der Waals surface area contributed by atoms with Crippen LogP contribution < -0.4 is 0 Å². The van der Waals surface area contributed by atoms with Gasteiger partial charge in [0.1, 0.15) is 6.10 Å². The van der Waals surface area contributed by atoms with E-state index >= 15 is 0 Å². The lowest BCUT2D eigenvalue weighted by Gasteiger charge is -2.49. The number of rotatable bonds is 8. The van der Waals surface area contributed by atoms with Gasteiger partial charge in [0.05, 0.1) is 12.2 Å². The number of nitrogens with zero attached hydrogens (tertiary/aromatic N) is 1. The predicted octanol–water partition coefficient (Wildman–Crippen LogP) is 8.13. The maximum atomic E-state index is 11.6. The van der Waals surface area contributed by atoms with Gasteiger partial charge in [0.15, 0.2) is 0 Å². The van der Waals surface area contributed by atoms with Crippen LogP contribution in [0.3, 0.4) is 0 Å². The molecule has 0 saturated heterocycles. The Morgan fingerprint density at radius 3 is 1.54 bits per heavy atom. The Bertz CT molecular complexity index is 688. The molecule has 0 bridgehead atoms. The fraction of sp³-hybridized carbons (Fsp3) is 0.909. The second-order valence-corrected chi connectivity index (χ2v) is 13.3. The zero-order valence-corrected chi connectivity index (χ0v) is 23.6. The minimum Gasteiger partial charge on any atom is -0.459 e. The molecule has 5 rings (SSSR count). The van der Waals surface area contributed by atoms with Crippen LogP contribution in [-0.4, -0.2) is 47.3 Å². The summed E-state index contributed by atoms with van der Waals surface area (Å²) < 4.78 is 12.2. The molecule has 37 heavy (non-hydrogen) atoms. The van der Waals surface area contributed by atoms with Gasteiger partial charge < -0.3 is 9.47 Å². The van der Waals surface area contributed by atoms with Crippen molar-refractivity contribution in [2.24, 2.45) is 11.8 Å². The Hall–Kier alpha value is -0.870. The number of ether oxygens (including phenoxy) is 2. The largest absolute Gasteiger partial charge is 0.459 e.